The van der Waals surface area contributed by atoms with E-state index in [9.17, 15) is 0 Å². The molecule has 8 nitrogen and oxygen atoms in total. The van der Waals surface area contributed by atoms with Crippen molar-refractivity contribution in [2.75, 3.05) is 0 Å². The SMILES string of the molecule is CC1=Nc2ccccc2N=C(C)C1N=Nc1nc2ccccc2[nH]1.[Cl][Ni][Cl].[OH-].[OH-]. The molecular weight excluding hydrogens is 462 g/mol. The summed E-state index contributed by atoms with van der Waals surface area (Å²) in [5, 5.41) is 8.69. The van der Waals surface area contributed by atoms with Gasteiger partial charge in [-0.25, -0.2) is 4.98 Å². The second kappa shape index (κ2) is 11.8. The third kappa shape index (κ3) is 6.16. The first kappa shape index (κ1) is 24.9. The topological polar surface area (TPSA) is 138 Å². The average molecular weight is 480 g/mol. The van der Waals surface area contributed by atoms with Crippen LogP contribution < -0.4 is 0 Å². The van der Waals surface area contributed by atoms with Gasteiger partial charge in [0.05, 0.1) is 22.4 Å². The van der Waals surface area contributed by atoms with Crippen LogP contribution in [0.4, 0.5) is 17.3 Å². The molecule has 0 atom stereocenters. The van der Waals surface area contributed by atoms with Crippen LogP contribution in [0, 0.1) is 0 Å². The summed E-state index contributed by atoms with van der Waals surface area (Å²) < 4.78 is 0. The van der Waals surface area contributed by atoms with Gasteiger partial charge in [-0.05, 0) is 38.1 Å². The Morgan fingerprint density at radius 1 is 0.897 bits per heavy atom. The van der Waals surface area contributed by atoms with Gasteiger partial charge in [-0.3, -0.25) is 9.98 Å². The first-order valence-corrected chi connectivity index (χ1v) is 10.7. The van der Waals surface area contributed by atoms with Gasteiger partial charge in [0.2, 0.25) is 5.95 Å². The van der Waals surface area contributed by atoms with Gasteiger partial charge in [0.15, 0.2) is 0 Å². The minimum absolute atomic E-state index is 0. The number of aromatic amines is 1. The maximum Gasteiger partial charge on any atom is -0.870 e. The third-order valence-electron chi connectivity index (χ3n) is 3.91. The zero-order valence-corrected chi connectivity index (χ0v) is 17.9. The molecular formula is C18H18Cl2N6NiO2-2. The summed E-state index contributed by atoms with van der Waals surface area (Å²) in [7, 11) is 9.40. The van der Waals surface area contributed by atoms with Crippen molar-refractivity contribution >= 4 is 60.2 Å². The molecule has 3 aromatic rings. The number of hydrogen-bond acceptors (Lipinski definition) is 7. The van der Waals surface area contributed by atoms with E-state index >= 15 is 0 Å². The number of aromatic nitrogens is 2. The maximum atomic E-state index is 4.70. The molecule has 0 unspecified atom stereocenters. The number of benzene rings is 2. The summed E-state index contributed by atoms with van der Waals surface area (Å²) in [4.78, 5) is 16.8. The number of hydrogen-bond donors (Lipinski definition) is 1. The molecule has 1 aromatic heterocycles. The summed E-state index contributed by atoms with van der Waals surface area (Å²) in [5.74, 6) is 0.485. The molecule has 0 amide bonds. The number of azo groups is 1. The van der Waals surface area contributed by atoms with E-state index in [1.54, 1.807) is 0 Å². The van der Waals surface area contributed by atoms with Gasteiger partial charge in [-0.15, -0.1) is 5.11 Å². The molecule has 0 aliphatic carbocycles. The van der Waals surface area contributed by atoms with E-state index in [2.05, 4.69) is 30.2 Å². The van der Waals surface area contributed by atoms with Crippen LogP contribution in [-0.2, 0) is 12.7 Å². The fraction of sp³-hybridized carbons (Fsp3) is 0.167. The van der Waals surface area contributed by atoms with E-state index in [0.717, 1.165) is 33.8 Å². The number of nitrogens with one attached hydrogen (secondary N) is 1. The van der Waals surface area contributed by atoms with Crippen molar-refractivity contribution in [3.05, 3.63) is 48.5 Å². The second-order valence-corrected chi connectivity index (χ2v) is 7.37. The Bertz CT molecular complexity index is 966. The Morgan fingerprint density at radius 3 is 1.97 bits per heavy atom. The Morgan fingerprint density at radius 2 is 1.41 bits per heavy atom. The molecule has 2 aromatic carbocycles. The van der Waals surface area contributed by atoms with Crippen LogP contribution >= 0.6 is 20.4 Å². The van der Waals surface area contributed by atoms with Crippen LogP contribution in [-0.4, -0.2) is 38.4 Å². The molecule has 0 fully saturated rings. The summed E-state index contributed by atoms with van der Waals surface area (Å²) >= 11 is 0.569. The van der Waals surface area contributed by atoms with Crippen molar-refractivity contribution in [1.82, 2.24) is 9.97 Å². The van der Waals surface area contributed by atoms with Gasteiger partial charge < -0.3 is 15.9 Å². The Balaban J connectivity index is 0.000000794. The van der Waals surface area contributed by atoms with E-state index < -0.39 is 0 Å². The molecule has 0 radical (unpaired) electrons. The maximum absolute atomic E-state index is 4.70. The second-order valence-electron chi connectivity index (χ2n) is 5.74. The van der Waals surface area contributed by atoms with Gasteiger partial charge in [-0.1, -0.05) is 24.3 Å². The monoisotopic (exact) mass is 478 g/mol. The summed E-state index contributed by atoms with van der Waals surface area (Å²) in [5.41, 5.74) is 5.25. The van der Waals surface area contributed by atoms with Crippen molar-refractivity contribution < 1.29 is 23.6 Å². The van der Waals surface area contributed by atoms with Gasteiger partial charge >= 0.3 is 33.0 Å². The number of imidazole rings is 1. The fourth-order valence-corrected chi connectivity index (χ4v) is 2.72. The molecule has 2 heterocycles. The molecule has 0 bridgehead atoms. The number of fused-ring (bicyclic) bond motifs is 2. The van der Waals surface area contributed by atoms with E-state index in [1.807, 2.05) is 62.4 Å². The Kier molecular flexibility index (Phi) is 10.1. The number of H-pyrrole nitrogens is 1. The molecule has 11 heteroatoms. The summed E-state index contributed by atoms with van der Waals surface area (Å²) in [6, 6.07) is 15.3. The minimum Gasteiger partial charge on any atom is -0.870 e. The predicted molar refractivity (Wildman–Crippen MR) is 112 cm³/mol. The summed E-state index contributed by atoms with van der Waals surface area (Å²) in [6.07, 6.45) is 0. The quantitative estimate of drug-likeness (QED) is 0.359. The van der Waals surface area contributed by atoms with Crippen molar-refractivity contribution in [3.63, 3.8) is 0 Å². The Labute approximate surface area is 182 Å². The van der Waals surface area contributed by atoms with Crippen molar-refractivity contribution in [3.8, 4) is 0 Å². The van der Waals surface area contributed by atoms with Crippen LogP contribution in [0.15, 0.2) is 68.7 Å². The molecule has 3 N–H and O–H groups in total. The van der Waals surface area contributed by atoms with Gasteiger partial charge in [0, 0.05) is 11.4 Å². The minimum atomic E-state index is -0.286. The molecule has 4 rings (SSSR count). The number of aliphatic imine (C=N–C) groups is 2. The summed E-state index contributed by atoms with van der Waals surface area (Å²) in [6.45, 7) is 3.90. The number of rotatable bonds is 2. The molecule has 29 heavy (non-hydrogen) atoms. The van der Waals surface area contributed by atoms with Gasteiger partial charge in [0.25, 0.3) is 0 Å². The van der Waals surface area contributed by atoms with Crippen molar-refractivity contribution in [2.45, 2.75) is 19.9 Å². The third-order valence-corrected chi connectivity index (χ3v) is 3.91. The standard InChI is InChI=1S/C18H16N6.2ClH.Ni.2H2O/c1-11-17(12(2)20-14-8-4-3-7-13(14)19-11)23-24-18-21-15-9-5-6-10-16(15)22-18;;;;;/h3-10,17H,1-2H3,(H,21,22);2*1H;;2*1H2/q;;;+2;;/p-4. The average Bonchev–Trinajstić information content (AvgIpc) is 3.02. The molecule has 1 aliphatic heterocycles. The molecule has 1 aliphatic rings. The van der Waals surface area contributed by atoms with E-state index in [4.69, 9.17) is 20.4 Å². The first-order valence-electron chi connectivity index (χ1n) is 7.99. The molecule has 158 valence electrons. The zero-order chi connectivity index (χ0) is 19.2. The van der Waals surface area contributed by atoms with Crippen LogP contribution in [0.1, 0.15) is 13.8 Å². The number of nitrogens with zero attached hydrogens (tertiary/aromatic N) is 5. The largest absolute Gasteiger partial charge is 0.870 e. The number of halogens is 2. The van der Waals surface area contributed by atoms with E-state index in [-0.39, 0.29) is 17.0 Å². The van der Waals surface area contributed by atoms with Crippen LogP contribution in [0.25, 0.3) is 11.0 Å². The predicted octanol–water partition coefficient (Wildman–Crippen LogP) is 5.94. The van der Waals surface area contributed by atoms with Crippen molar-refractivity contribution in [1.29, 1.82) is 0 Å². The smallest absolute Gasteiger partial charge is 0.870 e. The van der Waals surface area contributed by atoms with Crippen LogP contribution in [0.3, 0.4) is 0 Å². The molecule has 0 saturated carbocycles. The fourth-order valence-electron chi connectivity index (χ4n) is 2.72. The normalized spacial score (nSPS) is 13.4. The Hall–Kier alpha value is -2.16. The molecule has 0 spiro atoms. The first-order chi connectivity index (χ1) is 13.1. The number of para-hydroxylation sites is 4. The van der Waals surface area contributed by atoms with Crippen LogP contribution in [0.2, 0.25) is 0 Å². The molecule has 0 saturated heterocycles. The van der Waals surface area contributed by atoms with E-state index in [1.165, 1.54) is 0 Å². The zero-order valence-electron chi connectivity index (χ0n) is 15.4. The van der Waals surface area contributed by atoms with E-state index in [0.29, 0.717) is 18.6 Å². The van der Waals surface area contributed by atoms with Gasteiger partial charge in [-0.2, -0.15) is 5.11 Å². The van der Waals surface area contributed by atoms with Crippen LogP contribution in [0.5, 0.6) is 0 Å². The van der Waals surface area contributed by atoms with Gasteiger partial charge in [0.1, 0.15) is 6.04 Å². The van der Waals surface area contributed by atoms with Crippen molar-refractivity contribution in [2.24, 2.45) is 20.2 Å².